The average molecular weight is 891 g/mol. The number of halogens is 1. The minimum Gasteiger partial charge on any atom is -0.381 e. The first kappa shape index (κ1) is 45.6. The fraction of sp³-hybridized carbons (Fsp3) is 0.422. The number of pyridine rings is 2. The van der Waals surface area contributed by atoms with Gasteiger partial charge in [-0.15, -0.1) is 0 Å². The molecule has 2 fully saturated rings. The van der Waals surface area contributed by atoms with Gasteiger partial charge in [-0.3, -0.25) is 24.1 Å². The van der Waals surface area contributed by atoms with Gasteiger partial charge in [0.2, 0.25) is 23.0 Å². The molecule has 19 heteroatoms. The molecule has 0 radical (unpaired) electrons. The van der Waals surface area contributed by atoms with E-state index in [0.717, 1.165) is 91.1 Å². The number of nitrogens with zero attached hydrogens (tertiary/aromatic N) is 13. The minimum atomic E-state index is -0.245. The SMILES string of the molecule is C.CC[C@@H]1C(=O)N(C)c2cnc(-n3ccnc3-c3ccncc3)nc2N1C1CCOCC1.CC[C@@H]1C(=O)N(C)c2cnc(Cl)nc2N1C1CCOCC1.c1cc(-c2ncc[nH]2)ccn1. The summed E-state index contributed by atoms with van der Waals surface area (Å²) in [6.45, 7) is 6.90. The lowest BCUT2D eigenvalue weighted by atomic mass is 9.99. The van der Waals surface area contributed by atoms with Crippen molar-refractivity contribution in [3.8, 4) is 28.7 Å². The highest BCUT2D eigenvalue weighted by molar-refractivity contribution is 6.28. The number of aromatic amines is 1. The van der Waals surface area contributed by atoms with Gasteiger partial charge in [-0.2, -0.15) is 9.97 Å². The lowest BCUT2D eigenvalue weighted by molar-refractivity contribution is -0.121. The number of imidazole rings is 2. The van der Waals surface area contributed by atoms with E-state index >= 15 is 0 Å². The molecule has 6 aromatic heterocycles. The Bertz CT molecular complexity index is 2450. The number of ether oxygens (including phenoxy) is 2. The molecule has 2 saturated heterocycles. The topological polar surface area (TPSA) is 189 Å². The largest absolute Gasteiger partial charge is 0.381 e. The van der Waals surface area contributed by atoms with Gasteiger partial charge in [-0.25, -0.2) is 19.9 Å². The van der Waals surface area contributed by atoms with Crippen molar-refractivity contribution in [2.45, 2.75) is 84.0 Å². The number of carbonyl (C=O) groups is 2. The fourth-order valence-electron chi connectivity index (χ4n) is 8.53. The molecule has 18 nitrogen and oxygen atoms in total. The molecule has 0 spiro atoms. The lowest BCUT2D eigenvalue weighted by Gasteiger charge is -2.45. The molecular weight excluding hydrogens is 836 g/mol. The summed E-state index contributed by atoms with van der Waals surface area (Å²) in [7, 11) is 3.57. The third kappa shape index (κ3) is 9.44. The van der Waals surface area contributed by atoms with Gasteiger partial charge in [-0.1, -0.05) is 21.3 Å². The molecule has 0 bridgehead atoms. The van der Waals surface area contributed by atoms with Crippen molar-refractivity contribution in [1.29, 1.82) is 0 Å². The first-order valence-corrected chi connectivity index (χ1v) is 21.7. The lowest BCUT2D eigenvalue weighted by Crippen LogP contribution is -2.57. The standard InChI is InChI=1S/C22H25N7O2.C14H19ClN4O2.C8H7N3.CH4/c1-3-17-21(30)27(2)18-14-25-22(26-20(18)29(17)16-6-12-31-13-7-16)28-11-10-24-19(28)15-4-8-23-9-5-15;1-3-10-13(20)18(2)11-8-16-14(15)17-12(11)19(10)9-4-6-21-7-5-9;1-3-9-4-2-7(1)8-10-5-6-11-8;/h4-5,8-11,14,16-17H,3,6-7,12-13H2,1-2H3;8-10H,3-7H2,1-2H3;1-6H,(H,10,11);1H4/t17-;10-;;/m11../s1. The predicted molar refractivity (Wildman–Crippen MR) is 246 cm³/mol. The van der Waals surface area contributed by atoms with E-state index in [1.54, 1.807) is 79.7 Å². The van der Waals surface area contributed by atoms with Gasteiger partial charge in [0.05, 0.1) is 12.4 Å². The Labute approximate surface area is 378 Å². The molecule has 4 aliphatic heterocycles. The Morgan fingerprint density at radius 2 is 1.19 bits per heavy atom. The molecule has 2 atom stereocenters. The van der Waals surface area contributed by atoms with Crippen LogP contribution in [0, 0.1) is 0 Å². The maximum absolute atomic E-state index is 13.1. The van der Waals surface area contributed by atoms with Crippen LogP contribution in [0.4, 0.5) is 23.0 Å². The number of fused-ring (bicyclic) bond motifs is 2. The number of carbonyl (C=O) groups excluding carboxylic acids is 2. The van der Waals surface area contributed by atoms with Gasteiger partial charge in [-0.05, 0) is 74.4 Å². The number of amides is 2. The van der Waals surface area contributed by atoms with Gasteiger partial charge < -0.3 is 34.1 Å². The van der Waals surface area contributed by atoms with Crippen LogP contribution >= 0.6 is 11.6 Å². The van der Waals surface area contributed by atoms with E-state index in [4.69, 9.17) is 26.1 Å². The van der Waals surface area contributed by atoms with Crippen molar-refractivity contribution in [2.24, 2.45) is 0 Å². The van der Waals surface area contributed by atoms with E-state index in [1.807, 2.05) is 48.9 Å². The Balaban J connectivity index is 0.000000159. The Kier molecular flexibility index (Phi) is 14.9. The zero-order valence-corrected chi connectivity index (χ0v) is 36.5. The second-order valence-corrected chi connectivity index (χ2v) is 15.7. The van der Waals surface area contributed by atoms with Crippen LogP contribution in [0.2, 0.25) is 5.28 Å². The number of aromatic nitrogens is 10. The van der Waals surface area contributed by atoms with Crippen molar-refractivity contribution < 1.29 is 19.1 Å². The molecule has 0 aliphatic carbocycles. The van der Waals surface area contributed by atoms with Crippen LogP contribution in [0.3, 0.4) is 0 Å². The van der Waals surface area contributed by atoms with Crippen molar-refractivity contribution in [3.05, 3.63) is 91.5 Å². The molecular formula is C45H55ClN14O4. The number of anilines is 4. The summed E-state index contributed by atoms with van der Waals surface area (Å²) in [5, 5.41) is 0.211. The zero-order chi connectivity index (χ0) is 43.9. The summed E-state index contributed by atoms with van der Waals surface area (Å²) >= 11 is 5.98. The second kappa shape index (κ2) is 20.9. The molecule has 1 N–H and O–H groups in total. The maximum atomic E-state index is 13.1. The number of hydrogen-bond donors (Lipinski definition) is 1. The molecule has 2 amide bonds. The monoisotopic (exact) mass is 890 g/mol. The summed E-state index contributed by atoms with van der Waals surface area (Å²) < 4.78 is 12.9. The van der Waals surface area contributed by atoms with Crippen LogP contribution in [0.5, 0.6) is 0 Å². The van der Waals surface area contributed by atoms with E-state index in [9.17, 15) is 9.59 Å². The molecule has 0 aromatic carbocycles. The Hall–Kier alpha value is -6.37. The summed E-state index contributed by atoms with van der Waals surface area (Å²) in [4.78, 5) is 71.0. The van der Waals surface area contributed by atoms with Gasteiger partial charge in [0, 0.05) is 113 Å². The van der Waals surface area contributed by atoms with Gasteiger partial charge in [0.25, 0.3) is 0 Å². The molecule has 4 aliphatic rings. The smallest absolute Gasteiger partial charge is 0.249 e. The quantitative estimate of drug-likeness (QED) is 0.172. The number of hydrogen-bond acceptors (Lipinski definition) is 14. The maximum Gasteiger partial charge on any atom is 0.249 e. The normalized spacial score (nSPS) is 18.8. The van der Waals surface area contributed by atoms with Crippen LogP contribution in [-0.4, -0.2) is 126 Å². The predicted octanol–water partition coefficient (Wildman–Crippen LogP) is 6.44. The van der Waals surface area contributed by atoms with E-state index in [-0.39, 0.29) is 48.7 Å². The highest BCUT2D eigenvalue weighted by atomic mass is 35.5. The average Bonchev–Trinajstić information content (AvgIpc) is 4.07. The van der Waals surface area contributed by atoms with E-state index in [0.29, 0.717) is 25.6 Å². The molecule has 0 saturated carbocycles. The minimum absolute atomic E-state index is 0. The van der Waals surface area contributed by atoms with Crippen molar-refractivity contribution in [1.82, 2.24) is 49.4 Å². The molecule has 10 heterocycles. The third-order valence-corrected chi connectivity index (χ3v) is 11.9. The Morgan fingerprint density at radius 1 is 0.672 bits per heavy atom. The number of likely N-dealkylation sites (N-methyl/N-ethyl adjacent to an activating group) is 2. The molecule has 0 unspecified atom stereocenters. The second-order valence-electron chi connectivity index (χ2n) is 15.4. The first-order chi connectivity index (χ1) is 30.8. The highest BCUT2D eigenvalue weighted by Crippen LogP contribution is 2.39. The number of nitrogens with one attached hydrogen (secondary N) is 1. The molecule has 10 rings (SSSR count). The summed E-state index contributed by atoms with van der Waals surface area (Å²) in [6.07, 6.45) is 22.5. The summed E-state index contributed by atoms with van der Waals surface area (Å²) in [5.41, 5.74) is 3.45. The Morgan fingerprint density at radius 3 is 1.70 bits per heavy atom. The van der Waals surface area contributed by atoms with Gasteiger partial charge in [0.15, 0.2) is 11.6 Å². The van der Waals surface area contributed by atoms with Gasteiger partial charge >= 0.3 is 0 Å². The van der Waals surface area contributed by atoms with Crippen LogP contribution in [0.15, 0.2) is 86.2 Å². The highest BCUT2D eigenvalue weighted by Gasteiger charge is 2.42. The molecule has 64 heavy (non-hydrogen) atoms. The van der Waals surface area contributed by atoms with E-state index in [2.05, 4.69) is 49.7 Å². The first-order valence-electron chi connectivity index (χ1n) is 21.3. The van der Waals surface area contributed by atoms with E-state index < -0.39 is 0 Å². The van der Waals surface area contributed by atoms with Crippen molar-refractivity contribution in [3.63, 3.8) is 0 Å². The fourth-order valence-corrected chi connectivity index (χ4v) is 8.66. The van der Waals surface area contributed by atoms with Crippen LogP contribution in [0.1, 0.15) is 59.8 Å². The molecule has 336 valence electrons. The number of rotatable bonds is 7. The van der Waals surface area contributed by atoms with Crippen LogP contribution < -0.4 is 19.6 Å². The van der Waals surface area contributed by atoms with E-state index in [1.165, 1.54) is 0 Å². The number of H-pyrrole nitrogens is 1. The van der Waals surface area contributed by atoms with Crippen LogP contribution in [-0.2, 0) is 19.1 Å². The summed E-state index contributed by atoms with van der Waals surface area (Å²) in [5.74, 6) is 3.87. The molecule has 6 aromatic rings. The van der Waals surface area contributed by atoms with Crippen LogP contribution in [0.25, 0.3) is 28.7 Å². The third-order valence-electron chi connectivity index (χ3n) is 11.8. The van der Waals surface area contributed by atoms with Crippen molar-refractivity contribution in [2.75, 3.05) is 60.1 Å². The zero-order valence-electron chi connectivity index (χ0n) is 35.8. The van der Waals surface area contributed by atoms with Gasteiger partial charge in [0.1, 0.15) is 35.1 Å². The summed E-state index contributed by atoms with van der Waals surface area (Å²) in [6, 6.07) is 7.67. The van der Waals surface area contributed by atoms with Crippen molar-refractivity contribution >= 4 is 46.4 Å².